The maximum atomic E-state index is 13.6. The molecule has 1 aromatic carbocycles. The zero-order chi connectivity index (χ0) is 13.1. The van der Waals surface area contributed by atoms with Crippen molar-refractivity contribution in [3.8, 4) is 0 Å². The molecule has 98 valence electrons. The minimum atomic E-state index is -0.356. The number of piperidine rings is 1. The number of nitrogens with zero attached hydrogens (tertiary/aromatic N) is 1. The van der Waals surface area contributed by atoms with Gasteiger partial charge in [-0.25, -0.2) is 4.39 Å². The monoisotopic (exact) mass is 250 g/mol. The van der Waals surface area contributed by atoms with Crippen molar-refractivity contribution in [2.24, 2.45) is 11.8 Å². The van der Waals surface area contributed by atoms with Crippen LogP contribution in [0.4, 0.5) is 10.1 Å². The van der Waals surface area contributed by atoms with Crippen LogP contribution in [0.25, 0.3) is 0 Å². The fraction of sp³-hybridized carbons (Fsp3) is 0.500. The van der Waals surface area contributed by atoms with Crippen LogP contribution < -0.4 is 10.2 Å². The second-order valence-corrected chi connectivity index (χ2v) is 5.04. The van der Waals surface area contributed by atoms with Gasteiger partial charge in [0.2, 0.25) is 5.91 Å². The van der Waals surface area contributed by atoms with Crippen LogP contribution in [0.2, 0.25) is 0 Å². The van der Waals surface area contributed by atoms with Crippen molar-refractivity contribution in [1.82, 2.24) is 5.32 Å². The highest BCUT2D eigenvalue weighted by Gasteiger charge is 2.28. The lowest BCUT2D eigenvalue weighted by molar-refractivity contribution is -0.123. The zero-order valence-corrected chi connectivity index (χ0v) is 10.8. The van der Waals surface area contributed by atoms with Gasteiger partial charge < -0.3 is 10.2 Å². The average molecular weight is 250 g/mol. The molecule has 1 N–H and O–H groups in total. The molecule has 4 heteroatoms. The Bertz CT molecular complexity index is 436. The molecule has 0 aliphatic carbocycles. The van der Waals surface area contributed by atoms with Gasteiger partial charge >= 0.3 is 0 Å². The molecule has 18 heavy (non-hydrogen) atoms. The molecule has 1 aliphatic heterocycles. The van der Waals surface area contributed by atoms with Gasteiger partial charge in [0.25, 0.3) is 0 Å². The van der Waals surface area contributed by atoms with Gasteiger partial charge in [0.05, 0.1) is 11.6 Å². The van der Waals surface area contributed by atoms with Gasteiger partial charge in [-0.1, -0.05) is 19.1 Å². The lowest BCUT2D eigenvalue weighted by Crippen LogP contribution is -2.44. The normalized spacial score (nSPS) is 23.7. The Morgan fingerprint density at radius 1 is 1.39 bits per heavy atom. The van der Waals surface area contributed by atoms with Crippen LogP contribution in [0.15, 0.2) is 24.3 Å². The smallest absolute Gasteiger partial charge is 0.231 e. The third-order valence-electron chi connectivity index (χ3n) is 3.46. The van der Waals surface area contributed by atoms with Crippen LogP contribution >= 0.6 is 0 Å². The molecule has 1 amide bonds. The van der Waals surface area contributed by atoms with E-state index >= 15 is 0 Å². The summed E-state index contributed by atoms with van der Waals surface area (Å²) in [7, 11) is 1.64. The molecule has 1 fully saturated rings. The van der Waals surface area contributed by atoms with E-state index < -0.39 is 0 Å². The second-order valence-electron chi connectivity index (χ2n) is 5.04. The Balaban J connectivity index is 2.11. The van der Waals surface area contributed by atoms with Crippen LogP contribution in [0.3, 0.4) is 0 Å². The van der Waals surface area contributed by atoms with Crippen LogP contribution in [-0.2, 0) is 4.79 Å². The average Bonchev–Trinajstić information content (AvgIpc) is 2.37. The highest BCUT2D eigenvalue weighted by atomic mass is 19.1. The number of halogens is 1. The van der Waals surface area contributed by atoms with E-state index in [9.17, 15) is 9.18 Å². The summed E-state index contributed by atoms with van der Waals surface area (Å²) in [6.45, 7) is 3.75. The molecule has 1 aliphatic rings. The second kappa shape index (κ2) is 5.48. The van der Waals surface area contributed by atoms with Crippen molar-refractivity contribution < 1.29 is 9.18 Å². The number of para-hydroxylation sites is 1. The SMILES string of the molecule is CC1CNCC(C(=O)N(C)c2ccccc2F)C1. The highest BCUT2D eigenvalue weighted by Crippen LogP contribution is 2.23. The van der Waals surface area contributed by atoms with Crippen LogP contribution in [-0.4, -0.2) is 26.0 Å². The number of carbonyl (C=O) groups excluding carboxylic acids is 1. The van der Waals surface area contributed by atoms with E-state index in [0.717, 1.165) is 13.0 Å². The van der Waals surface area contributed by atoms with E-state index in [4.69, 9.17) is 0 Å². The highest BCUT2D eigenvalue weighted by molar-refractivity contribution is 5.94. The largest absolute Gasteiger partial charge is 0.316 e. The predicted octanol–water partition coefficient (Wildman–Crippen LogP) is 2.03. The minimum absolute atomic E-state index is 0.0147. The standard InChI is InChI=1S/C14H19FN2O/c1-10-7-11(9-16-8-10)14(18)17(2)13-6-4-3-5-12(13)15/h3-6,10-11,16H,7-9H2,1-2H3. The van der Waals surface area contributed by atoms with E-state index in [-0.39, 0.29) is 17.6 Å². The topological polar surface area (TPSA) is 32.3 Å². The Hall–Kier alpha value is -1.42. The first-order valence-corrected chi connectivity index (χ1v) is 6.32. The van der Waals surface area contributed by atoms with E-state index in [2.05, 4.69) is 12.2 Å². The molecule has 0 bridgehead atoms. The summed E-state index contributed by atoms with van der Waals surface area (Å²) in [5, 5.41) is 3.25. The molecule has 0 saturated carbocycles. The summed E-state index contributed by atoms with van der Waals surface area (Å²) in [6.07, 6.45) is 0.866. The fourth-order valence-electron chi connectivity index (χ4n) is 2.46. The summed E-state index contributed by atoms with van der Waals surface area (Å²) in [4.78, 5) is 13.7. The molecule has 0 radical (unpaired) electrons. The zero-order valence-electron chi connectivity index (χ0n) is 10.8. The first kappa shape index (κ1) is 13.0. The van der Waals surface area contributed by atoms with Gasteiger partial charge in [0, 0.05) is 13.6 Å². The predicted molar refractivity (Wildman–Crippen MR) is 70.0 cm³/mol. The maximum absolute atomic E-state index is 13.6. The summed E-state index contributed by atoms with van der Waals surface area (Å²) >= 11 is 0. The Morgan fingerprint density at radius 2 is 2.11 bits per heavy atom. The molecule has 0 spiro atoms. The third kappa shape index (κ3) is 2.70. The first-order valence-electron chi connectivity index (χ1n) is 6.32. The number of carbonyl (C=O) groups is 1. The number of anilines is 1. The van der Waals surface area contributed by atoms with E-state index in [1.54, 1.807) is 25.2 Å². The number of benzene rings is 1. The van der Waals surface area contributed by atoms with Gasteiger partial charge in [-0.2, -0.15) is 0 Å². The lowest BCUT2D eigenvalue weighted by Gasteiger charge is -2.30. The summed E-state index contributed by atoms with van der Waals surface area (Å²) in [5.41, 5.74) is 0.348. The molecule has 1 aromatic rings. The van der Waals surface area contributed by atoms with Gasteiger partial charge in [-0.15, -0.1) is 0 Å². The minimum Gasteiger partial charge on any atom is -0.316 e. The maximum Gasteiger partial charge on any atom is 0.231 e. The van der Waals surface area contributed by atoms with Crippen molar-refractivity contribution in [2.45, 2.75) is 13.3 Å². The summed E-state index contributed by atoms with van der Waals surface area (Å²) in [6, 6.07) is 6.37. The summed E-state index contributed by atoms with van der Waals surface area (Å²) in [5.74, 6) is 0.0596. The van der Waals surface area contributed by atoms with E-state index in [1.165, 1.54) is 11.0 Å². The molecule has 2 rings (SSSR count). The number of hydrogen-bond donors (Lipinski definition) is 1. The molecule has 2 unspecified atom stereocenters. The quantitative estimate of drug-likeness (QED) is 0.871. The molecule has 0 aromatic heterocycles. The third-order valence-corrected chi connectivity index (χ3v) is 3.46. The van der Waals surface area contributed by atoms with E-state index in [1.807, 2.05) is 0 Å². The molecular weight excluding hydrogens is 231 g/mol. The van der Waals surface area contributed by atoms with Crippen molar-refractivity contribution in [1.29, 1.82) is 0 Å². The van der Waals surface area contributed by atoms with Gasteiger partial charge in [0.15, 0.2) is 0 Å². The molecule has 2 atom stereocenters. The van der Waals surface area contributed by atoms with Crippen LogP contribution in [0, 0.1) is 17.7 Å². The molecular formula is C14H19FN2O. The van der Waals surface area contributed by atoms with Crippen molar-refractivity contribution >= 4 is 11.6 Å². The van der Waals surface area contributed by atoms with Gasteiger partial charge in [0.1, 0.15) is 5.82 Å². The Labute approximate surface area is 107 Å². The fourth-order valence-corrected chi connectivity index (χ4v) is 2.46. The van der Waals surface area contributed by atoms with E-state index in [0.29, 0.717) is 18.2 Å². The Kier molecular flexibility index (Phi) is 3.97. The molecule has 1 saturated heterocycles. The van der Waals surface area contributed by atoms with Crippen molar-refractivity contribution in [2.75, 3.05) is 25.0 Å². The van der Waals surface area contributed by atoms with Crippen molar-refractivity contribution in [3.05, 3.63) is 30.1 Å². The number of nitrogens with one attached hydrogen (secondary N) is 1. The Morgan fingerprint density at radius 3 is 2.78 bits per heavy atom. The molecule has 3 nitrogen and oxygen atoms in total. The first-order chi connectivity index (χ1) is 8.59. The van der Waals surface area contributed by atoms with Gasteiger partial charge in [-0.3, -0.25) is 4.79 Å². The number of rotatable bonds is 2. The van der Waals surface area contributed by atoms with Crippen LogP contribution in [0.5, 0.6) is 0 Å². The van der Waals surface area contributed by atoms with Crippen molar-refractivity contribution in [3.63, 3.8) is 0 Å². The summed E-state index contributed by atoms with van der Waals surface area (Å²) < 4.78 is 13.6. The number of amides is 1. The number of hydrogen-bond acceptors (Lipinski definition) is 2. The lowest BCUT2D eigenvalue weighted by atomic mass is 9.91. The van der Waals surface area contributed by atoms with Crippen LogP contribution in [0.1, 0.15) is 13.3 Å². The molecule has 1 heterocycles. The van der Waals surface area contributed by atoms with Gasteiger partial charge in [-0.05, 0) is 31.0 Å².